The minimum atomic E-state index is 0.501. The second-order valence-corrected chi connectivity index (χ2v) is 7.74. The smallest absolute Gasteiger partial charge is 0.185 e. The van der Waals surface area contributed by atoms with Crippen molar-refractivity contribution in [2.45, 2.75) is 71.9 Å². The molecule has 1 fully saturated rings. The normalized spacial score (nSPS) is 22.8. The third-order valence-electron chi connectivity index (χ3n) is 4.66. The quantitative estimate of drug-likeness (QED) is 0.844. The van der Waals surface area contributed by atoms with Gasteiger partial charge < -0.3 is 10.2 Å². The lowest BCUT2D eigenvalue weighted by Gasteiger charge is -2.36. The van der Waals surface area contributed by atoms with E-state index in [9.17, 15) is 0 Å². The molecule has 120 valence electrons. The van der Waals surface area contributed by atoms with Gasteiger partial charge in [-0.3, -0.25) is 0 Å². The Balaban J connectivity index is 2.18. The molecule has 1 aliphatic rings. The summed E-state index contributed by atoms with van der Waals surface area (Å²) in [7, 11) is 2.24. The molecule has 0 amide bonds. The Bertz CT molecular complexity index is 441. The maximum absolute atomic E-state index is 4.98. The number of rotatable bonds is 6. The summed E-state index contributed by atoms with van der Waals surface area (Å²) in [5, 5.41) is 4.67. The van der Waals surface area contributed by atoms with Gasteiger partial charge in [0.25, 0.3) is 0 Å². The molecule has 1 aliphatic carbocycles. The van der Waals surface area contributed by atoms with Gasteiger partial charge in [0.05, 0.1) is 5.69 Å². The van der Waals surface area contributed by atoms with Crippen LogP contribution in [0.2, 0.25) is 0 Å². The average molecular weight is 310 g/mol. The van der Waals surface area contributed by atoms with Crippen molar-refractivity contribution in [3.63, 3.8) is 0 Å². The van der Waals surface area contributed by atoms with Gasteiger partial charge in [-0.05, 0) is 31.2 Å². The number of hydrogen-bond acceptors (Lipinski definition) is 4. The Morgan fingerprint density at radius 2 is 2.05 bits per heavy atom. The van der Waals surface area contributed by atoms with Crippen LogP contribution >= 0.6 is 11.3 Å². The lowest BCUT2D eigenvalue weighted by molar-refractivity contribution is 0.321. The van der Waals surface area contributed by atoms with E-state index in [2.05, 4.69) is 45.0 Å². The molecule has 0 bridgehead atoms. The maximum atomic E-state index is 4.98. The van der Waals surface area contributed by atoms with Gasteiger partial charge in [-0.1, -0.05) is 40.5 Å². The molecule has 4 heteroatoms. The molecule has 0 saturated heterocycles. The molecule has 2 atom stereocenters. The second-order valence-electron chi connectivity index (χ2n) is 6.68. The lowest BCUT2D eigenvalue weighted by atomic mass is 9.85. The van der Waals surface area contributed by atoms with Crippen LogP contribution in [0.5, 0.6) is 0 Å². The Labute approximate surface area is 134 Å². The minimum Gasteiger partial charge on any atom is -0.348 e. The number of nitrogens with one attached hydrogen (secondary N) is 1. The van der Waals surface area contributed by atoms with Gasteiger partial charge in [0.15, 0.2) is 5.13 Å². The molecule has 1 aromatic rings. The fourth-order valence-corrected chi connectivity index (χ4v) is 4.54. The summed E-state index contributed by atoms with van der Waals surface area (Å²) in [6.07, 6.45) is 5.44. The number of nitrogens with zero attached hydrogens (tertiary/aromatic N) is 2. The Morgan fingerprint density at radius 3 is 2.67 bits per heavy atom. The van der Waals surface area contributed by atoms with Crippen molar-refractivity contribution in [1.82, 2.24) is 10.3 Å². The van der Waals surface area contributed by atoms with Crippen molar-refractivity contribution in [2.75, 3.05) is 18.5 Å². The van der Waals surface area contributed by atoms with Gasteiger partial charge >= 0.3 is 0 Å². The molecule has 1 heterocycles. The van der Waals surface area contributed by atoms with Crippen molar-refractivity contribution in [3.05, 3.63) is 10.6 Å². The molecule has 2 unspecified atom stereocenters. The molecule has 0 aliphatic heterocycles. The predicted octanol–water partition coefficient (Wildman–Crippen LogP) is 4.39. The van der Waals surface area contributed by atoms with Crippen molar-refractivity contribution >= 4 is 16.5 Å². The van der Waals surface area contributed by atoms with E-state index < -0.39 is 0 Å². The molecular weight excluding hydrogens is 278 g/mol. The highest BCUT2D eigenvalue weighted by Crippen LogP contribution is 2.35. The number of anilines is 1. The maximum Gasteiger partial charge on any atom is 0.185 e. The summed E-state index contributed by atoms with van der Waals surface area (Å²) in [6, 6.07) is 0.664. The topological polar surface area (TPSA) is 28.2 Å². The van der Waals surface area contributed by atoms with Crippen LogP contribution in [0.4, 0.5) is 5.13 Å². The molecule has 0 aromatic carbocycles. The van der Waals surface area contributed by atoms with Crippen LogP contribution in [0, 0.1) is 5.92 Å². The predicted molar refractivity (Wildman–Crippen MR) is 93.4 cm³/mol. The van der Waals surface area contributed by atoms with Crippen molar-refractivity contribution in [1.29, 1.82) is 0 Å². The van der Waals surface area contributed by atoms with E-state index >= 15 is 0 Å². The van der Waals surface area contributed by atoms with Gasteiger partial charge in [0.1, 0.15) is 0 Å². The van der Waals surface area contributed by atoms with E-state index in [4.69, 9.17) is 4.98 Å². The molecule has 0 radical (unpaired) electrons. The third-order valence-corrected chi connectivity index (χ3v) is 5.83. The first-order valence-corrected chi connectivity index (χ1v) is 9.29. The number of aromatic nitrogens is 1. The van der Waals surface area contributed by atoms with E-state index in [1.807, 2.05) is 11.3 Å². The summed E-state index contributed by atoms with van der Waals surface area (Å²) in [6.45, 7) is 11.0. The highest BCUT2D eigenvalue weighted by molar-refractivity contribution is 7.15. The Kier molecular flexibility index (Phi) is 6.06. The zero-order chi connectivity index (χ0) is 15.4. The van der Waals surface area contributed by atoms with Crippen molar-refractivity contribution in [2.24, 2.45) is 5.92 Å². The van der Waals surface area contributed by atoms with Gasteiger partial charge in [-0.2, -0.15) is 0 Å². The van der Waals surface area contributed by atoms with Gasteiger partial charge in [0, 0.05) is 24.5 Å². The van der Waals surface area contributed by atoms with E-state index in [0.29, 0.717) is 12.0 Å². The zero-order valence-electron chi connectivity index (χ0n) is 14.3. The van der Waals surface area contributed by atoms with E-state index in [-0.39, 0.29) is 0 Å². The van der Waals surface area contributed by atoms with Crippen LogP contribution in [0.25, 0.3) is 0 Å². The van der Waals surface area contributed by atoms with Crippen LogP contribution in [0.3, 0.4) is 0 Å². The summed E-state index contributed by atoms with van der Waals surface area (Å²) >= 11 is 1.88. The van der Waals surface area contributed by atoms with E-state index in [1.165, 1.54) is 41.4 Å². The van der Waals surface area contributed by atoms with Gasteiger partial charge in [-0.25, -0.2) is 4.98 Å². The molecule has 1 saturated carbocycles. The molecule has 3 nitrogen and oxygen atoms in total. The van der Waals surface area contributed by atoms with Gasteiger partial charge in [0.2, 0.25) is 0 Å². The fraction of sp³-hybridized carbons (Fsp3) is 0.824. The van der Waals surface area contributed by atoms with Crippen LogP contribution < -0.4 is 10.2 Å². The standard InChI is InChI=1S/C17H31N3S/c1-6-18-11-15-16(12(2)3)19-17(21-15)20(5)14-10-8-7-9-13(14)4/h12-14,18H,6-11H2,1-5H3. The van der Waals surface area contributed by atoms with Crippen molar-refractivity contribution in [3.8, 4) is 0 Å². The lowest BCUT2D eigenvalue weighted by Crippen LogP contribution is -2.38. The molecular formula is C17H31N3S. The molecule has 1 N–H and O–H groups in total. The fourth-order valence-electron chi connectivity index (χ4n) is 3.33. The summed E-state index contributed by atoms with van der Waals surface area (Å²) in [4.78, 5) is 8.84. The Hall–Kier alpha value is -0.610. The summed E-state index contributed by atoms with van der Waals surface area (Å²) in [5.74, 6) is 1.29. The summed E-state index contributed by atoms with van der Waals surface area (Å²) < 4.78 is 0. The third kappa shape index (κ3) is 3.98. The van der Waals surface area contributed by atoms with Crippen LogP contribution in [0.1, 0.15) is 69.9 Å². The first-order valence-electron chi connectivity index (χ1n) is 8.47. The van der Waals surface area contributed by atoms with E-state index in [1.54, 1.807) is 0 Å². The first-order chi connectivity index (χ1) is 10.0. The van der Waals surface area contributed by atoms with Crippen molar-refractivity contribution < 1.29 is 0 Å². The SMILES string of the molecule is CCNCc1sc(N(C)C2CCCCC2C)nc1C(C)C. The molecule has 1 aromatic heterocycles. The Morgan fingerprint density at radius 1 is 1.33 bits per heavy atom. The first kappa shape index (κ1) is 16.8. The molecule has 0 spiro atoms. The molecule has 2 rings (SSSR count). The van der Waals surface area contributed by atoms with Crippen LogP contribution in [-0.2, 0) is 6.54 Å². The molecule has 21 heavy (non-hydrogen) atoms. The summed E-state index contributed by atoms with van der Waals surface area (Å²) in [5.41, 5.74) is 1.28. The highest BCUT2D eigenvalue weighted by Gasteiger charge is 2.27. The second kappa shape index (κ2) is 7.59. The van der Waals surface area contributed by atoms with Gasteiger partial charge in [-0.15, -0.1) is 11.3 Å². The van der Waals surface area contributed by atoms with Crippen LogP contribution in [0.15, 0.2) is 0 Å². The van der Waals surface area contributed by atoms with E-state index in [0.717, 1.165) is 19.0 Å². The zero-order valence-corrected chi connectivity index (χ0v) is 15.1. The number of thiazole rings is 1. The minimum absolute atomic E-state index is 0.501. The van der Waals surface area contributed by atoms with Crippen LogP contribution in [-0.4, -0.2) is 24.6 Å². The average Bonchev–Trinajstić information content (AvgIpc) is 2.89. The largest absolute Gasteiger partial charge is 0.348 e. The monoisotopic (exact) mass is 309 g/mol. The highest BCUT2D eigenvalue weighted by atomic mass is 32.1. The number of hydrogen-bond donors (Lipinski definition) is 1.